The summed E-state index contributed by atoms with van der Waals surface area (Å²) < 4.78 is 70.3. The Morgan fingerprint density at radius 3 is 1.50 bits per heavy atom. The SMILES string of the molecule is C=CC(C)=O.CC(=O)CCC(C#N)(C#N)CCC(F)(F)F.N#CC(C#N)CCC(F)(F)F. The van der Waals surface area contributed by atoms with Crippen LogP contribution in [0.25, 0.3) is 0 Å². The van der Waals surface area contributed by atoms with E-state index in [1.807, 2.05) is 0 Å². The molecule has 0 bridgehead atoms. The molecule has 0 fully saturated rings. The monoisotopic (exact) mass is 464 g/mol. The molecule has 6 nitrogen and oxygen atoms in total. The maximum Gasteiger partial charge on any atom is 0.389 e. The van der Waals surface area contributed by atoms with E-state index in [1.165, 1.54) is 32.1 Å². The van der Waals surface area contributed by atoms with Gasteiger partial charge in [0.25, 0.3) is 0 Å². The van der Waals surface area contributed by atoms with E-state index in [9.17, 15) is 35.9 Å². The summed E-state index contributed by atoms with van der Waals surface area (Å²) in [5.41, 5.74) is -1.71. The number of nitrogens with zero attached hydrogens (tertiary/aromatic N) is 4. The Hall–Kier alpha value is -3.38. The Bertz CT molecular complexity index is 749. The second kappa shape index (κ2) is 16.3. The zero-order valence-electron chi connectivity index (χ0n) is 17.5. The third-order valence-electron chi connectivity index (χ3n) is 3.48. The van der Waals surface area contributed by atoms with Crippen LogP contribution in [0.4, 0.5) is 26.3 Å². The van der Waals surface area contributed by atoms with Crippen LogP contribution in [0.1, 0.15) is 52.4 Å². The van der Waals surface area contributed by atoms with Crippen LogP contribution >= 0.6 is 0 Å². The van der Waals surface area contributed by atoms with Crippen molar-refractivity contribution in [3.63, 3.8) is 0 Å². The van der Waals surface area contributed by atoms with Crippen molar-refractivity contribution < 1.29 is 35.9 Å². The molecule has 0 heterocycles. The minimum absolute atomic E-state index is 0.0185. The molecule has 0 aromatic carbocycles. The molecule has 0 atom stereocenters. The van der Waals surface area contributed by atoms with E-state index < -0.39 is 49.4 Å². The first-order valence-electron chi connectivity index (χ1n) is 8.89. The Morgan fingerprint density at radius 2 is 1.25 bits per heavy atom. The first-order valence-corrected chi connectivity index (χ1v) is 8.89. The van der Waals surface area contributed by atoms with Crippen molar-refractivity contribution in [2.75, 3.05) is 0 Å². The van der Waals surface area contributed by atoms with Gasteiger partial charge in [-0.2, -0.15) is 47.4 Å². The topological polar surface area (TPSA) is 129 Å². The lowest BCUT2D eigenvalue weighted by Crippen LogP contribution is -2.21. The van der Waals surface area contributed by atoms with Gasteiger partial charge in [0.05, 0.1) is 24.3 Å². The van der Waals surface area contributed by atoms with Crippen LogP contribution in [0.2, 0.25) is 0 Å². The normalized spacial score (nSPS) is 10.5. The van der Waals surface area contributed by atoms with Crippen molar-refractivity contribution in [2.45, 2.75) is 64.7 Å². The fourth-order valence-electron chi connectivity index (χ4n) is 1.58. The Balaban J connectivity index is -0.000000453. The fraction of sp³-hybridized carbons (Fsp3) is 0.600. The summed E-state index contributed by atoms with van der Waals surface area (Å²) >= 11 is 0. The molecule has 0 aliphatic rings. The average Bonchev–Trinajstić information content (AvgIpc) is 2.69. The van der Waals surface area contributed by atoms with Gasteiger partial charge in [-0.3, -0.25) is 4.79 Å². The van der Waals surface area contributed by atoms with Gasteiger partial charge in [-0.1, -0.05) is 6.58 Å². The van der Waals surface area contributed by atoms with Gasteiger partial charge in [-0.15, -0.1) is 0 Å². The van der Waals surface area contributed by atoms with E-state index in [2.05, 4.69) is 6.58 Å². The number of Topliss-reactive ketones (excluding diaryl/α,β-unsaturated/α-hetero) is 1. The highest BCUT2D eigenvalue weighted by Gasteiger charge is 2.36. The molecule has 0 amide bonds. The lowest BCUT2D eigenvalue weighted by Gasteiger charge is -2.18. The molecule has 0 saturated carbocycles. The maximum absolute atomic E-state index is 12.0. The number of carbonyl (C=O) groups excluding carboxylic acids is 2. The van der Waals surface area contributed by atoms with Crippen molar-refractivity contribution in [1.29, 1.82) is 21.0 Å². The maximum atomic E-state index is 12.0. The predicted octanol–water partition coefficient (Wildman–Crippen LogP) is 5.49. The molecule has 0 aromatic heterocycles. The van der Waals surface area contributed by atoms with Crippen LogP contribution in [-0.2, 0) is 9.59 Å². The van der Waals surface area contributed by atoms with Crippen LogP contribution in [0.15, 0.2) is 12.7 Å². The van der Waals surface area contributed by atoms with Gasteiger partial charge in [0.1, 0.15) is 17.1 Å². The number of nitriles is 4. The van der Waals surface area contributed by atoms with Crippen LogP contribution in [0.3, 0.4) is 0 Å². The molecular formula is C20H22F6N4O2. The summed E-state index contributed by atoms with van der Waals surface area (Å²) in [6.07, 6.45) is -10.9. The summed E-state index contributed by atoms with van der Waals surface area (Å²) in [4.78, 5) is 20.4. The number of hydrogen-bond acceptors (Lipinski definition) is 6. The molecule has 0 aliphatic carbocycles. The summed E-state index contributed by atoms with van der Waals surface area (Å²) in [6, 6.07) is 6.09. The number of halogens is 6. The standard InChI is InChI=1S/C10H11F3N2O.C6H5F3N2.C4H6O/c1-8(16)2-3-9(6-14,7-15)4-5-10(11,12)13;7-6(8,9)2-1-5(3-10)4-11;1-3-4(2)5/h2-5H2,1H3;5H,1-2H2;3H,1H2,2H3. The molecule has 12 heteroatoms. The fourth-order valence-corrected chi connectivity index (χ4v) is 1.58. The van der Waals surface area contributed by atoms with Crippen molar-refractivity contribution in [3.05, 3.63) is 12.7 Å². The lowest BCUT2D eigenvalue weighted by atomic mass is 9.81. The second-order valence-electron chi connectivity index (χ2n) is 6.40. The third-order valence-corrected chi connectivity index (χ3v) is 3.48. The Morgan fingerprint density at radius 1 is 0.844 bits per heavy atom. The number of carbonyl (C=O) groups is 2. The smallest absolute Gasteiger partial charge is 0.300 e. The van der Waals surface area contributed by atoms with Crippen molar-refractivity contribution >= 4 is 11.6 Å². The molecule has 0 unspecified atom stereocenters. The van der Waals surface area contributed by atoms with Crippen LogP contribution in [0, 0.1) is 56.7 Å². The summed E-state index contributed by atoms with van der Waals surface area (Å²) in [5.74, 6) is -1.37. The van der Waals surface area contributed by atoms with Crippen LogP contribution < -0.4 is 0 Å². The molecule has 0 aliphatic heterocycles. The van der Waals surface area contributed by atoms with Gasteiger partial charge in [0, 0.05) is 19.3 Å². The third kappa shape index (κ3) is 22.9. The van der Waals surface area contributed by atoms with Crippen LogP contribution in [-0.4, -0.2) is 23.9 Å². The van der Waals surface area contributed by atoms with Crippen molar-refractivity contribution in [1.82, 2.24) is 0 Å². The number of allylic oxidation sites excluding steroid dienone is 1. The summed E-state index contributed by atoms with van der Waals surface area (Å²) in [5, 5.41) is 33.6. The number of alkyl halides is 6. The van der Waals surface area contributed by atoms with Gasteiger partial charge in [0.15, 0.2) is 5.78 Å². The number of hydrogen-bond donors (Lipinski definition) is 0. The highest BCUT2D eigenvalue weighted by atomic mass is 19.4. The van der Waals surface area contributed by atoms with Gasteiger partial charge < -0.3 is 4.79 Å². The van der Waals surface area contributed by atoms with Gasteiger partial charge in [-0.25, -0.2) is 0 Å². The van der Waals surface area contributed by atoms with Crippen molar-refractivity contribution in [2.24, 2.45) is 11.3 Å². The zero-order valence-corrected chi connectivity index (χ0v) is 17.5. The average molecular weight is 464 g/mol. The minimum atomic E-state index is -4.39. The Kier molecular flexibility index (Phi) is 17.0. The molecule has 32 heavy (non-hydrogen) atoms. The molecule has 0 aromatic rings. The Labute approximate surface area is 182 Å². The molecule has 0 rings (SSSR count). The lowest BCUT2D eigenvalue weighted by molar-refractivity contribution is -0.138. The van der Waals surface area contributed by atoms with E-state index in [0.717, 1.165) is 0 Å². The van der Waals surface area contributed by atoms with Gasteiger partial charge in [-0.05, 0) is 39.2 Å². The van der Waals surface area contributed by atoms with E-state index in [-0.39, 0.29) is 24.4 Å². The number of rotatable bonds is 8. The predicted molar refractivity (Wildman–Crippen MR) is 99.7 cm³/mol. The van der Waals surface area contributed by atoms with E-state index in [4.69, 9.17) is 21.0 Å². The largest absolute Gasteiger partial charge is 0.389 e. The van der Waals surface area contributed by atoms with Gasteiger partial charge in [0.2, 0.25) is 0 Å². The second-order valence-corrected chi connectivity index (χ2v) is 6.40. The highest BCUT2D eigenvalue weighted by Crippen LogP contribution is 2.33. The van der Waals surface area contributed by atoms with E-state index in [0.29, 0.717) is 0 Å². The van der Waals surface area contributed by atoms with E-state index >= 15 is 0 Å². The minimum Gasteiger partial charge on any atom is -0.300 e. The molecular weight excluding hydrogens is 442 g/mol. The van der Waals surface area contributed by atoms with Crippen molar-refractivity contribution in [3.8, 4) is 24.3 Å². The highest BCUT2D eigenvalue weighted by molar-refractivity contribution is 5.86. The summed E-state index contributed by atoms with van der Waals surface area (Å²) in [7, 11) is 0. The molecule has 0 radical (unpaired) electrons. The van der Waals surface area contributed by atoms with E-state index in [1.54, 1.807) is 12.1 Å². The first kappa shape index (κ1) is 33.3. The zero-order chi connectivity index (χ0) is 26.0. The molecule has 0 saturated heterocycles. The first-order chi connectivity index (χ1) is 14.5. The van der Waals surface area contributed by atoms with Gasteiger partial charge >= 0.3 is 12.4 Å². The van der Waals surface area contributed by atoms with Crippen LogP contribution in [0.5, 0.6) is 0 Å². The quantitative estimate of drug-likeness (QED) is 0.345. The molecule has 0 spiro atoms. The molecule has 176 valence electrons. The molecule has 0 N–H and O–H groups in total. The number of ketones is 2. The summed E-state index contributed by atoms with van der Waals surface area (Å²) in [6.45, 7) is 5.94.